The van der Waals surface area contributed by atoms with Crippen LogP contribution in [0.2, 0.25) is 5.02 Å². The van der Waals surface area contributed by atoms with Crippen LogP contribution in [0.25, 0.3) is 16.2 Å². The first-order valence-electron chi connectivity index (χ1n) is 10.5. The number of hydrogen-bond acceptors (Lipinski definition) is 6. The zero-order valence-electron chi connectivity index (χ0n) is 18.9. The van der Waals surface area contributed by atoms with Gasteiger partial charge in [0, 0.05) is 29.0 Å². The Labute approximate surface area is 206 Å². The highest BCUT2D eigenvalue weighted by atomic mass is 35.5. The van der Waals surface area contributed by atoms with E-state index in [1.165, 1.54) is 11.6 Å². The van der Waals surface area contributed by atoms with Gasteiger partial charge in [0.2, 0.25) is 0 Å². The van der Waals surface area contributed by atoms with Gasteiger partial charge >= 0.3 is 6.09 Å². The van der Waals surface area contributed by atoms with Gasteiger partial charge in [0.15, 0.2) is 0 Å². The number of hydrogen-bond donors (Lipinski definition) is 3. The van der Waals surface area contributed by atoms with Gasteiger partial charge in [-0.3, -0.25) is 14.5 Å². The second-order valence-corrected chi connectivity index (χ2v) is 8.96. The molecule has 0 saturated carbocycles. The van der Waals surface area contributed by atoms with Crippen LogP contribution in [0.4, 0.5) is 10.5 Å². The number of benzene rings is 1. The molecule has 0 bridgehead atoms. The third kappa shape index (κ3) is 5.86. The van der Waals surface area contributed by atoms with E-state index in [0.717, 1.165) is 16.4 Å². The van der Waals surface area contributed by atoms with Gasteiger partial charge in [-0.2, -0.15) is 0 Å². The molecule has 1 aromatic carbocycles. The molecule has 0 aliphatic heterocycles. The summed E-state index contributed by atoms with van der Waals surface area (Å²) in [5.41, 5.74) is 8.28. The van der Waals surface area contributed by atoms with Crippen molar-refractivity contribution in [3.63, 3.8) is 0 Å². The molecule has 0 aliphatic carbocycles. The Hall–Kier alpha value is -3.56. The molecule has 8 nitrogen and oxygen atoms in total. The monoisotopic (exact) mass is 500 g/mol. The summed E-state index contributed by atoms with van der Waals surface area (Å²) in [6, 6.07) is 12.8. The van der Waals surface area contributed by atoms with Crippen molar-refractivity contribution in [1.29, 1.82) is 0 Å². The maximum Gasteiger partial charge on any atom is 0.411 e. The second-order valence-electron chi connectivity index (χ2n) is 7.50. The molecule has 0 aliphatic rings. The van der Waals surface area contributed by atoms with Gasteiger partial charge in [0.05, 0.1) is 23.4 Å². The van der Waals surface area contributed by atoms with Crippen molar-refractivity contribution in [2.24, 2.45) is 5.73 Å². The lowest BCUT2D eigenvalue weighted by Gasteiger charge is -2.06. The molecule has 0 spiro atoms. The highest BCUT2D eigenvalue weighted by Crippen LogP contribution is 2.35. The standard InChI is InChI=1S/C15H14N4O4S.C9H11Cl/c1-2-23-15(22)18-8-3-4-19-9(7-17-12(19)5-8)11-6-10(20)13(24-11)14(16)21;1-7(2)8-5-3-4-6-9(8)10/h3-7,20H,2H2,1H3,(H2,16,21)(H,18,22);3-7H,1-2H3. The van der Waals surface area contributed by atoms with E-state index in [2.05, 4.69) is 30.2 Å². The van der Waals surface area contributed by atoms with Crippen molar-refractivity contribution in [3.05, 3.63) is 70.3 Å². The van der Waals surface area contributed by atoms with Crippen molar-refractivity contribution in [3.8, 4) is 16.3 Å². The second kappa shape index (κ2) is 11.0. The molecule has 3 aromatic heterocycles. The number of aromatic nitrogens is 2. The van der Waals surface area contributed by atoms with E-state index in [0.29, 0.717) is 27.8 Å². The predicted molar refractivity (Wildman–Crippen MR) is 135 cm³/mol. The van der Waals surface area contributed by atoms with E-state index < -0.39 is 12.0 Å². The fourth-order valence-electron chi connectivity index (χ4n) is 3.15. The Morgan fingerprint density at radius 1 is 1.26 bits per heavy atom. The number of amides is 2. The summed E-state index contributed by atoms with van der Waals surface area (Å²) in [5, 5.41) is 13.3. The first-order valence-corrected chi connectivity index (χ1v) is 11.7. The van der Waals surface area contributed by atoms with Gasteiger partial charge in [-0.25, -0.2) is 9.78 Å². The fourth-order valence-corrected chi connectivity index (χ4v) is 4.42. The Balaban J connectivity index is 0.000000271. The quantitative estimate of drug-likeness (QED) is 0.315. The Morgan fingerprint density at radius 2 is 2.00 bits per heavy atom. The summed E-state index contributed by atoms with van der Waals surface area (Å²) < 4.78 is 6.59. The molecule has 178 valence electrons. The van der Waals surface area contributed by atoms with Gasteiger partial charge in [-0.15, -0.1) is 11.3 Å². The number of primary amides is 1. The van der Waals surface area contributed by atoms with E-state index >= 15 is 0 Å². The number of nitrogens with two attached hydrogens (primary N) is 1. The number of carbonyl (C=O) groups excluding carboxylic acids is 2. The third-order valence-electron chi connectivity index (χ3n) is 4.75. The fraction of sp³-hybridized carbons (Fsp3) is 0.208. The summed E-state index contributed by atoms with van der Waals surface area (Å²) in [6.07, 6.45) is 2.79. The number of nitrogens with one attached hydrogen (secondary N) is 1. The highest BCUT2D eigenvalue weighted by Gasteiger charge is 2.17. The van der Waals surface area contributed by atoms with E-state index in [1.54, 1.807) is 35.9 Å². The number of imidazole rings is 1. The van der Waals surface area contributed by atoms with Crippen LogP contribution in [0.1, 0.15) is 41.9 Å². The number of rotatable bonds is 5. The predicted octanol–water partition coefficient (Wildman–Crippen LogP) is 5.90. The van der Waals surface area contributed by atoms with Gasteiger partial charge in [0.1, 0.15) is 16.3 Å². The maximum atomic E-state index is 11.4. The third-order valence-corrected chi connectivity index (χ3v) is 6.26. The van der Waals surface area contributed by atoms with Crippen molar-refractivity contribution < 1.29 is 19.4 Å². The van der Waals surface area contributed by atoms with E-state index in [9.17, 15) is 14.7 Å². The summed E-state index contributed by atoms with van der Waals surface area (Å²) in [7, 11) is 0. The minimum atomic E-state index is -0.682. The number of halogens is 1. The van der Waals surface area contributed by atoms with E-state index in [4.69, 9.17) is 22.1 Å². The summed E-state index contributed by atoms with van der Waals surface area (Å²) in [4.78, 5) is 27.7. The number of carbonyl (C=O) groups is 2. The molecule has 4 N–H and O–H groups in total. The SMILES string of the molecule is CC(C)c1ccccc1Cl.CCOC(=O)Nc1ccn2c(-c3cc(O)c(C(N)=O)s3)cnc2c1. The van der Waals surface area contributed by atoms with Crippen molar-refractivity contribution in [2.45, 2.75) is 26.7 Å². The molecular formula is C24H25ClN4O4S. The van der Waals surface area contributed by atoms with Crippen LogP contribution in [0, 0.1) is 0 Å². The lowest BCUT2D eigenvalue weighted by atomic mass is 10.0. The molecule has 0 fully saturated rings. The zero-order chi connectivity index (χ0) is 24.8. The van der Waals surface area contributed by atoms with Crippen LogP contribution in [0.3, 0.4) is 0 Å². The minimum Gasteiger partial charge on any atom is -0.506 e. The number of anilines is 1. The average Bonchev–Trinajstić information content (AvgIpc) is 3.37. The van der Waals surface area contributed by atoms with E-state index in [-0.39, 0.29) is 17.2 Å². The Bertz CT molecular complexity index is 1320. The molecule has 3 heterocycles. The molecule has 0 saturated heterocycles. The molecule has 34 heavy (non-hydrogen) atoms. The van der Waals surface area contributed by atoms with E-state index in [1.807, 2.05) is 18.2 Å². The van der Waals surface area contributed by atoms with Gasteiger partial charge in [0.25, 0.3) is 5.91 Å². The topological polar surface area (TPSA) is 119 Å². The molecule has 2 amide bonds. The van der Waals surface area contributed by atoms with Crippen LogP contribution in [0.15, 0.2) is 54.9 Å². The number of fused-ring (bicyclic) bond motifs is 1. The van der Waals surface area contributed by atoms with Crippen LogP contribution in [-0.4, -0.2) is 33.1 Å². The van der Waals surface area contributed by atoms with Crippen molar-refractivity contribution in [2.75, 3.05) is 11.9 Å². The van der Waals surface area contributed by atoms with Crippen molar-refractivity contribution in [1.82, 2.24) is 9.38 Å². The van der Waals surface area contributed by atoms with Gasteiger partial charge in [-0.1, -0.05) is 43.6 Å². The van der Waals surface area contributed by atoms with Gasteiger partial charge < -0.3 is 15.6 Å². The van der Waals surface area contributed by atoms with Crippen LogP contribution >= 0.6 is 22.9 Å². The number of thiophene rings is 1. The summed E-state index contributed by atoms with van der Waals surface area (Å²) >= 11 is 7.01. The Morgan fingerprint density at radius 3 is 2.59 bits per heavy atom. The molecule has 4 aromatic rings. The molecular weight excluding hydrogens is 476 g/mol. The molecule has 0 atom stereocenters. The number of aromatic hydroxyl groups is 1. The normalized spacial score (nSPS) is 10.6. The largest absolute Gasteiger partial charge is 0.506 e. The molecule has 4 rings (SSSR count). The average molecular weight is 501 g/mol. The van der Waals surface area contributed by atoms with Crippen molar-refractivity contribution >= 4 is 46.3 Å². The highest BCUT2D eigenvalue weighted by molar-refractivity contribution is 7.17. The molecule has 0 radical (unpaired) electrons. The smallest absolute Gasteiger partial charge is 0.411 e. The first kappa shape index (κ1) is 25.1. The molecule has 0 unspecified atom stereocenters. The summed E-state index contributed by atoms with van der Waals surface area (Å²) in [6.45, 7) is 6.29. The number of ether oxygens (including phenoxy) is 1. The first-order chi connectivity index (χ1) is 16.2. The number of nitrogens with zero attached hydrogens (tertiary/aromatic N) is 2. The molecule has 10 heteroatoms. The van der Waals surface area contributed by atoms with Crippen LogP contribution in [-0.2, 0) is 4.74 Å². The lowest BCUT2D eigenvalue weighted by molar-refractivity contribution is 0.100. The number of pyridine rings is 1. The minimum absolute atomic E-state index is 0.0977. The van der Waals surface area contributed by atoms with Gasteiger partial charge in [-0.05, 0) is 30.5 Å². The Kier molecular flexibility index (Phi) is 8.14. The van der Waals surface area contributed by atoms with Crippen LogP contribution < -0.4 is 11.1 Å². The lowest BCUT2D eigenvalue weighted by Crippen LogP contribution is -2.13. The summed E-state index contributed by atoms with van der Waals surface area (Å²) in [5.74, 6) is -0.315. The zero-order valence-corrected chi connectivity index (χ0v) is 20.5. The van der Waals surface area contributed by atoms with Crippen LogP contribution in [0.5, 0.6) is 5.75 Å². The maximum absolute atomic E-state index is 11.4.